The Balaban J connectivity index is 0.00000562. The van der Waals surface area contributed by atoms with Crippen LogP contribution in [-0.2, 0) is 24.0 Å². The first-order valence-electron chi connectivity index (χ1n) is 18.2. The molecule has 54 heavy (non-hydrogen) atoms. The number of rotatable bonds is 13. The van der Waals surface area contributed by atoms with Gasteiger partial charge in [-0.3, -0.25) is 33.8 Å². The molecule has 4 aliphatic rings. The Hall–Kier alpha value is -2.85. The molecule has 1 saturated heterocycles. The molecule has 3 saturated carbocycles. The van der Waals surface area contributed by atoms with Crippen molar-refractivity contribution in [3.63, 3.8) is 0 Å². The summed E-state index contributed by atoms with van der Waals surface area (Å²) in [6, 6.07) is -3.68. The second-order valence-corrected chi connectivity index (χ2v) is 15.5. The lowest BCUT2D eigenvalue weighted by Gasteiger charge is -2.38. The Kier molecular flexibility index (Phi) is 21.4. The molecule has 13 nitrogen and oxygen atoms in total. The van der Waals surface area contributed by atoms with Gasteiger partial charge >= 0.3 is 0 Å². The highest BCUT2D eigenvalue weighted by Crippen LogP contribution is 2.43. The third-order valence-electron chi connectivity index (χ3n) is 10.7. The van der Waals surface area contributed by atoms with Crippen molar-refractivity contribution >= 4 is 75.8 Å². The van der Waals surface area contributed by atoms with Gasteiger partial charge in [-0.05, 0) is 68.1 Å². The monoisotopic (exact) mass is 813 g/mol. The molecule has 0 aromatic carbocycles. The number of fused-ring (bicyclic) bond motifs is 1. The van der Waals surface area contributed by atoms with Crippen molar-refractivity contribution in [3.05, 3.63) is 24.3 Å². The van der Waals surface area contributed by atoms with Gasteiger partial charge < -0.3 is 26.2 Å². The van der Waals surface area contributed by atoms with Gasteiger partial charge in [-0.15, -0.1) is 0 Å². The number of likely N-dealkylation sites (tertiary alicyclic amines) is 1. The lowest BCUT2D eigenvalue weighted by atomic mass is 9.82. The predicted molar refractivity (Wildman–Crippen MR) is 225 cm³/mol. The largest absolute Gasteiger partial charge is 0.347 e. The van der Waals surface area contributed by atoms with E-state index >= 15 is 0 Å². The molecule has 0 bridgehead atoms. The number of Topliss-reactive ketones (excluding diaryl/α,β-unsaturated/α-hetero) is 1. The van der Waals surface area contributed by atoms with Gasteiger partial charge in [-0.25, -0.2) is 4.98 Å². The number of aromatic nitrogens is 2. The Labute approximate surface area is 343 Å². The summed E-state index contributed by atoms with van der Waals surface area (Å²) in [5, 5.41) is 11.5. The lowest BCUT2D eigenvalue weighted by Crippen LogP contribution is -2.62. The van der Waals surface area contributed by atoms with E-state index in [-0.39, 0.29) is 90.7 Å². The Morgan fingerprint density at radius 3 is 2.09 bits per heavy atom. The molecule has 308 valence electrons. The second kappa shape index (κ2) is 22.6. The normalized spacial score (nSPS) is 22.0. The average Bonchev–Trinajstić information content (AvgIpc) is 3.65. The summed E-state index contributed by atoms with van der Waals surface area (Å²) in [5.74, 6) is -3.20. The van der Waals surface area contributed by atoms with Gasteiger partial charge in [0, 0.05) is 25.0 Å². The van der Waals surface area contributed by atoms with E-state index in [4.69, 9.17) is 0 Å². The van der Waals surface area contributed by atoms with Gasteiger partial charge in [0.1, 0.15) is 23.8 Å². The molecule has 1 aliphatic heterocycles. The fraction of sp³-hybridized carbons (Fsp3) is 0.737. The van der Waals surface area contributed by atoms with Crippen molar-refractivity contribution in [2.75, 3.05) is 6.54 Å². The van der Waals surface area contributed by atoms with Gasteiger partial charge in [-0.1, -0.05) is 74.7 Å². The molecule has 3 aliphatic carbocycles. The van der Waals surface area contributed by atoms with E-state index in [9.17, 15) is 28.8 Å². The number of carbonyl (C=O) groups excluding carboxylic acids is 6. The molecule has 0 unspecified atom stereocenters. The van der Waals surface area contributed by atoms with Gasteiger partial charge in [-0.2, -0.15) is 40.5 Å². The van der Waals surface area contributed by atoms with Crippen LogP contribution in [0.25, 0.3) is 0 Å². The summed E-state index contributed by atoms with van der Waals surface area (Å²) >= 11 is 0. The third-order valence-corrected chi connectivity index (χ3v) is 10.7. The fourth-order valence-corrected chi connectivity index (χ4v) is 7.87. The molecular weight excluding hydrogens is 747 g/mol. The SMILES string of the molecule is C.C.CCC[C@H](NC(=O)[C@@H]1[C@@H]2CCC[C@@H]2CN1C(=O)[C@H](NC(=O)[C@H](NC(=O)c1cnccn1)C1CCCCC1)C(C)(C)C)C(=O)C(=O)NC1CC1.S.S.S. The van der Waals surface area contributed by atoms with E-state index in [1.54, 1.807) is 4.90 Å². The van der Waals surface area contributed by atoms with Crippen LogP contribution in [0.5, 0.6) is 0 Å². The Morgan fingerprint density at radius 1 is 0.852 bits per heavy atom. The summed E-state index contributed by atoms with van der Waals surface area (Å²) in [6.45, 7) is 7.85. The molecule has 1 aromatic heterocycles. The van der Waals surface area contributed by atoms with Gasteiger partial charge in [0.25, 0.3) is 11.8 Å². The molecule has 6 atom stereocenters. The number of amides is 5. The number of hydrogen-bond donors (Lipinski definition) is 4. The molecular formula is C38H67N7O6S3. The summed E-state index contributed by atoms with van der Waals surface area (Å²) in [5.41, 5.74) is -0.638. The smallest absolute Gasteiger partial charge is 0.289 e. The number of nitrogens with zero attached hydrogens (tertiary/aromatic N) is 3. The van der Waals surface area contributed by atoms with E-state index in [2.05, 4.69) is 31.2 Å². The van der Waals surface area contributed by atoms with Crippen LogP contribution in [0.4, 0.5) is 0 Å². The molecule has 1 aromatic rings. The van der Waals surface area contributed by atoms with Crippen LogP contribution in [0.15, 0.2) is 18.6 Å². The molecule has 2 heterocycles. The molecule has 5 rings (SSSR count). The molecule has 4 N–H and O–H groups in total. The topological polar surface area (TPSA) is 180 Å². The molecule has 0 radical (unpaired) electrons. The van der Waals surface area contributed by atoms with E-state index in [1.165, 1.54) is 18.6 Å². The third kappa shape index (κ3) is 12.6. The molecule has 4 fully saturated rings. The average molecular weight is 814 g/mol. The van der Waals surface area contributed by atoms with Crippen molar-refractivity contribution in [1.29, 1.82) is 0 Å². The maximum atomic E-state index is 14.6. The first-order valence-corrected chi connectivity index (χ1v) is 18.2. The van der Waals surface area contributed by atoms with E-state index in [1.807, 2.05) is 27.7 Å². The van der Waals surface area contributed by atoms with Crippen molar-refractivity contribution in [2.45, 2.75) is 150 Å². The summed E-state index contributed by atoms with van der Waals surface area (Å²) in [6.07, 6.45) is 13.9. The van der Waals surface area contributed by atoms with Crippen LogP contribution >= 0.6 is 40.5 Å². The second-order valence-electron chi connectivity index (χ2n) is 15.5. The predicted octanol–water partition coefficient (Wildman–Crippen LogP) is 4.06. The minimum atomic E-state index is -0.994. The van der Waals surface area contributed by atoms with Crippen molar-refractivity contribution < 1.29 is 28.8 Å². The molecule has 0 spiro atoms. The Bertz CT molecular complexity index is 1410. The van der Waals surface area contributed by atoms with Gasteiger partial charge in [0.15, 0.2) is 0 Å². The van der Waals surface area contributed by atoms with Gasteiger partial charge in [0.2, 0.25) is 23.5 Å². The number of hydrogen-bond acceptors (Lipinski definition) is 8. The van der Waals surface area contributed by atoms with Crippen molar-refractivity contribution in [3.8, 4) is 0 Å². The maximum absolute atomic E-state index is 14.6. The summed E-state index contributed by atoms with van der Waals surface area (Å²) < 4.78 is 0. The van der Waals surface area contributed by atoms with Crippen LogP contribution < -0.4 is 21.3 Å². The Morgan fingerprint density at radius 2 is 1.52 bits per heavy atom. The van der Waals surface area contributed by atoms with Crippen LogP contribution in [0.2, 0.25) is 0 Å². The zero-order valence-electron chi connectivity index (χ0n) is 30.8. The highest BCUT2D eigenvalue weighted by Gasteiger charge is 2.52. The summed E-state index contributed by atoms with van der Waals surface area (Å²) in [4.78, 5) is 91.4. The number of nitrogens with one attached hydrogen (secondary N) is 4. The van der Waals surface area contributed by atoms with E-state index in [0.29, 0.717) is 19.4 Å². The fourth-order valence-electron chi connectivity index (χ4n) is 7.87. The lowest BCUT2D eigenvalue weighted by molar-refractivity contribution is -0.146. The number of carbonyl (C=O) groups is 6. The zero-order valence-corrected chi connectivity index (χ0v) is 33.8. The van der Waals surface area contributed by atoms with E-state index < -0.39 is 59.0 Å². The highest BCUT2D eigenvalue weighted by molar-refractivity contribution is 7.59. The van der Waals surface area contributed by atoms with Crippen LogP contribution in [0, 0.1) is 23.2 Å². The minimum absolute atomic E-state index is 0. The molecule has 16 heteroatoms. The molecule has 5 amide bonds. The highest BCUT2D eigenvalue weighted by atomic mass is 32.1. The minimum Gasteiger partial charge on any atom is -0.347 e. The van der Waals surface area contributed by atoms with Crippen molar-refractivity contribution in [2.24, 2.45) is 23.2 Å². The first-order chi connectivity index (χ1) is 23.4. The zero-order chi connectivity index (χ0) is 35.3. The van der Waals surface area contributed by atoms with Crippen LogP contribution in [-0.4, -0.2) is 86.9 Å². The summed E-state index contributed by atoms with van der Waals surface area (Å²) in [7, 11) is 0. The first kappa shape index (κ1) is 51.1. The van der Waals surface area contributed by atoms with Crippen molar-refractivity contribution in [1.82, 2.24) is 36.1 Å². The van der Waals surface area contributed by atoms with Gasteiger partial charge in [0.05, 0.1) is 12.2 Å². The van der Waals surface area contributed by atoms with Crippen LogP contribution in [0.3, 0.4) is 0 Å². The van der Waals surface area contributed by atoms with E-state index in [0.717, 1.165) is 64.2 Å². The standard InChI is InChI=1S/C36H53N7O6.2CH4.3H2S/c1-5-10-25(29(44)34(48)39-23-15-16-23)40-33(47)28-24-14-9-13-22(24)20-43(28)35(49)30(36(2,3)4)42-32(46)27(21-11-7-6-8-12-21)41-31(45)26-19-37-17-18-38-26;;;;;/h17-19,21-25,27-28,30H,5-16,20H2,1-4H3,(H,39,48)(H,40,47)(H,41,45)(H,42,46);2*1H4;3*1H2/t22-,24-,25+,27-,28+,30+;;;;;/m1...../s1. The quantitative estimate of drug-likeness (QED) is 0.216. The van der Waals surface area contributed by atoms with Crippen LogP contribution in [0.1, 0.15) is 130 Å². The maximum Gasteiger partial charge on any atom is 0.289 e. The number of ketones is 1.